The van der Waals surface area contributed by atoms with Crippen molar-refractivity contribution in [1.29, 1.82) is 0 Å². The smallest absolute Gasteiger partial charge is 0.227 e. The van der Waals surface area contributed by atoms with E-state index in [4.69, 9.17) is 4.74 Å². The molecular formula is C23H30N2O2. The third-order valence-electron chi connectivity index (χ3n) is 5.44. The highest BCUT2D eigenvalue weighted by atomic mass is 16.5. The minimum Gasteiger partial charge on any atom is -0.494 e. The number of carbonyl (C=O) groups is 1. The van der Waals surface area contributed by atoms with Crippen molar-refractivity contribution in [2.45, 2.75) is 40.2 Å². The number of nitrogens with zero attached hydrogens (tertiary/aromatic N) is 1. The average Bonchev–Trinajstić information content (AvgIpc) is 2.66. The number of hydrogen-bond acceptors (Lipinski definition) is 3. The van der Waals surface area contributed by atoms with E-state index in [1.807, 2.05) is 31.2 Å². The summed E-state index contributed by atoms with van der Waals surface area (Å²) in [6.45, 7) is 9.62. The number of carbonyl (C=O) groups excluding carboxylic acids is 1. The lowest BCUT2D eigenvalue weighted by molar-refractivity contribution is -0.121. The molecule has 2 aromatic carbocycles. The van der Waals surface area contributed by atoms with Crippen molar-refractivity contribution in [3.8, 4) is 5.75 Å². The molecule has 0 aliphatic carbocycles. The normalized spacial score (nSPS) is 15.5. The van der Waals surface area contributed by atoms with Crippen LogP contribution in [0.4, 0.5) is 5.69 Å². The molecule has 1 amide bonds. The summed E-state index contributed by atoms with van der Waals surface area (Å²) < 4.78 is 5.59. The van der Waals surface area contributed by atoms with Gasteiger partial charge < -0.3 is 10.1 Å². The molecule has 0 atom stereocenters. The fourth-order valence-electron chi connectivity index (χ4n) is 3.63. The molecule has 1 N–H and O–H groups in total. The van der Waals surface area contributed by atoms with E-state index in [-0.39, 0.29) is 11.8 Å². The van der Waals surface area contributed by atoms with E-state index < -0.39 is 0 Å². The van der Waals surface area contributed by atoms with Gasteiger partial charge in [-0.15, -0.1) is 0 Å². The molecule has 144 valence electrons. The topological polar surface area (TPSA) is 41.6 Å². The Bertz CT molecular complexity index is 780. The summed E-state index contributed by atoms with van der Waals surface area (Å²) in [6.07, 6.45) is 1.81. The number of likely N-dealkylation sites (tertiary alicyclic amines) is 1. The van der Waals surface area contributed by atoms with Crippen LogP contribution in [0, 0.1) is 19.8 Å². The molecule has 0 saturated carbocycles. The van der Waals surface area contributed by atoms with Crippen LogP contribution in [0.15, 0.2) is 42.5 Å². The second-order valence-corrected chi connectivity index (χ2v) is 7.37. The van der Waals surface area contributed by atoms with Gasteiger partial charge in [0.1, 0.15) is 5.75 Å². The molecule has 0 spiro atoms. The van der Waals surface area contributed by atoms with Crippen LogP contribution >= 0.6 is 0 Å². The van der Waals surface area contributed by atoms with Crippen molar-refractivity contribution in [2.75, 3.05) is 25.0 Å². The molecule has 1 fully saturated rings. The summed E-state index contributed by atoms with van der Waals surface area (Å²) in [7, 11) is 0. The number of ether oxygens (including phenoxy) is 1. The lowest BCUT2D eigenvalue weighted by atomic mass is 9.95. The molecule has 1 aliphatic rings. The first kappa shape index (κ1) is 19.4. The molecule has 27 heavy (non-hydrogen) atoms. The van der Waals surface area contributed by atoms with E-state index in [0.717, 1.165) is 49.5 Å². The fourth-order valence-corrected chi connectivity index (χ4v) is 3.63. The second-order valence-electron chi connectivity index (χ2n) is 7.37. The predicted octanol–water partition coefficient (Wildman–Crippen LogP) is 4.55. The Labute approximate surface area is 162 Å². The summed E-state index contributed by atoms with van der Waals surface area (Å²) in [5.74, 6) is 1.18. The number of amides is 1. The van der Waals surface area contributed by atoms with Crippen LogP contribution in [0.5, 0.6) is 5.75 Å². The van der Waals surface area contributed by atoms with Crippen molar-refractivity contribution >= 4 is 11.6 Å². The first-order valence-electron chi connectivity index (χ1n) is 9.88. The van der Waals surface area contributed by atoms with Crippen LogP contribution in [0.3, 0.4) is 0 Å². The number of anilines is 1. The zero-order valence-electron chi connectivity index (χ0n) is 16.6. The Morgan fingerprint density at radius 2 is 1.89 bits per heavy atom. The number of nitrogens with one attached hydrogen (secondary N) is 1. The minimum absolute atomic E-state index is 0.0934. The van der Waals surface area contributed by atoms with Gasteiger partial charge in [0, 0.05) is 18.2 Å². The van der Waals surface area contributed by atoms with Gasteiger partial charge in [-0.25, -0.2) is 0 Å². The number of aryl methyl sites for hydroxylation is 1. The van der Waals surface area contributed by atoms with Gasteiger partial charge in [-0.3, -0.25) is 9.69 Å². The van der Waals surface area contributed by atoms with Crippen LogP contribution in [-0.4, -0.2) is 30.5 Å². The van der Waals surface area contributed by atoms with E-state index in [1.165, 1.54) is 11.1 Å². The van der Waals surface area contributed by atoms with Crippen LogP contribution in [-0.2, 0) is 11.3 Å². The molecule has 0 unspecified atom stereocenters. The van der Waals surface area contributed by atoms with E-state index in [1.54, 1.807) is 0 Å². The standard InChI is InChI=1S/C23H30N2O2/c1-4-27-21-9-6-8-19(15-21)16-25-13-11-20(12-14-25)23(26)24-22-10-5-7-17(2)18(22)3/h5-10,15,20H,4,11-14,16H2,1-3H3,(H,24,26). The molecule has 2 aromatic rings. The molecule has 4 nitrogen and oxygen atoms in total. The molecule has 1 aliphatic heterocycles. The maximum absolute atomic E-state index is 12.7. The van der Waals surface area contributed by atoms with Crippen molar-refractivity contribution in [2.24, 2.45) is 5.92 Å². The monoisotopic (exact) mass is 366 g/mol. The zero-order chi connectivity index (χ0) is 19.2. The Morgan fingerprint density at radius 1 is 1.15 bits per heavy atom. The third kappa shape index (κ3) is 5.10. The molecule has 1 saturated heterocycles. The summed E-state index contributed by atoms with van der Waals surface area (Å²) in [6, 6.07) is 14.4. The Balaban J connectivity index is 1.52. The van der Waals surface area contributed by atoms with E-state index >= 15 is 0 Å². The number of piperidine rings is 1. The Morgan fingerprint density at radius 3 is 2.63 bits per heavy atom. The summed E-state index contributed by atoms with van der Waals surface area (Å²) in [4.78, 5) is 15.1. The van der Waals surface area contributed by atoms with Gasteiger partial charge in [0.05, 0.1) is 6.61 Å². The molecule has 0 bridgehead atoms. The Kier molecular flexibility index (Phi) is 6.51. The molecule has 4 heteroatoms. The highest BCUT2D eigenvalue weighted by molar-refractivity contribution is 5.93. The maximum Gasteiger partial charge on any atom is 0.227 e. The maximum atomic E-state index is 12.7. The SMILES string of the molecule is CCOc1cccc(CN2CCC(C(=O)Nc3cccc(C)c3C)CC2)c1. The second kappa shape index (κ2) is 9.05. The summed E-state index contributed by atoms with van der Waals surface area (Å²) in [5, 5.41) is 3.13. The Hall–Kier alpha value is -2.33. The number of benzene rings is 2. The molecule has 0 aromatic heterocycles. The van der Waals surface area contributed by atoms with Crippen LogP contribution < -0.4 is 10.1 Å². The quantitative estimate of drug-likeness (QED) is 0.815. The van der Waals surface area contributed by atoms with Gasteiger partial charge in [0.25, 0.3) is 0 Å². The molecule has 3 rings (SSSR count). The lowest BCUT2D eigenvalue weighted by Crippen LogP contribution is -2.37. The van der Waals surface area contributed by atoms with Crippen LogP contribution in [0.1, 0.15) is 36.5 Å². The van der Waals surface area contributed by atoms with Gasteiger partial charge >= 0.3 is 0 Å². The van der Waals surface area contributed by atoms with E-state index in [9.17, 15) is 4.79 Å². The summed E-state index contributed by atoms with van der Waals surface area (Å²) >= 11 is 0. The van der Waals surface area contributed by atoms with Gasteiger partial charge in [-0.2, -0.15) is 0 Å². The van der Waals surface area contributed by atoms with Crippen molar-refractivity contribution < 1.29 is 9.53 Å². The third-order valence-corrected chi connectivity index (χ3v) is 5.44. The summed E-state index contributed by atoms with van der Waals surface area (Å²) in [5.41, 5.74) is 4.56. The van der Waals surface area contributed by atoms with Crippen molar-refractivity contribution in [3.63, 3.8) is 0 Å². The van der Waals surface area contributed by atoms with E-state index in [2.05, 4.69) is 42.3 Å². The molecule has 1 heterocycles. The average molecular weight is 367 g/mol. The largest absolute Gasteiger partial charge is 0.494 e. The zero-order valence-corrected chi connectivity index (χ0v) is 16.6. The van der Waals surface area contributed by atoms with Crippen LogP contribution in [0.2, 0.25) is 0 Å². The number of rotatable bonds is 6. The molecule has 0 radical (unpaired) electrons. The minimum atomic E-state index is 0.0934. The predicted molar refractivity (Wildman–Crippen MR) is 110 cm³/mol. The number of hydrogen-bond donors (Lipinski definition) is 1. The van der Waals surface area contributed by atoms with Crippen molar-refractivity contribution in [3.05, 3.63) is 59.2 Å². The van der Waals surface area contributed by atoms with E-state index in [0.29, 0.717) is 6.61 Å². The van der Waals surface area contributed by atoms with Crippen molar-refractivity contribution in [1.82, 2.24) is 4.90 Å². The highest BCUT2D eigenvalue weighted by Crippen LogP contribution is 2.24. The van der Waals surface area contributed by atoms with Crippen LogP contribution in [0.25, 0.3) is 0 Å². The first-order chi connectivity index (χ1) is 13.1. The van der Waals surface area contributed by atoms with Gasteiger partial charge in [0.15, 0.2) is 0 Å². The van der Waals surface area contributed by atoms with Gasteiger partial charge in [0.2, 0.25) is 5.91 Å². The van der Waals surface area contributed by atoms with Gasteiger partial charge in [-0.1, -0.05) is 24.3 Å². The highest BCUT2D eigenvalue weighted by Gasteiger charge is 2.25. The van der Waals surface area contributed by atoms with Gasteiger partial charge in [-0.05, 0) is 81.6 Å². The molecular weight excluding hydrogens is 336 g/mol. The lowest BCUT2D eigenvalue weighted by Gasteiger charge is -2.31. The fraction of sp³-hybridized carbons (Fsp3) is 0.435. The first-order valence-corrected chi connectivity index (χ1v) is 9.88.